The van der Waals surface area contributed by atoms with Crippen LogP contribution in [0.1, 0.15) is 31.0 Å². The summed E-state index contributed by atoms with van der Waals surface area (Å²) in [6, 6.07) is 1.58. The lowest BCUT2D eigenvalue weighted by molar-refractivity contribution is 0.510. The van der Waals surface area contributed by atoms with E-state index in [9.17, 15) is 4.79 Å². The molecule has 0 amide bonds. The zero-order chi connectivity index (χ0) is 10.0. The van der Waals surface area contributed by atoms with Gasteiger partial charge < -0.3 is 10.7 Å². The molecular weight excluding hydrogens is 164 g/mol. The minimum atomic E-state index is -0.0720. The molecule has 0 bridgehead atoms. The van der Waals surface area contributed by atoms with E-state index in [-0.39, 0.29) is 11.6 Å². The summed E-state index contributed by atoms with van der Waals surface area (Å²) >= 11 is 0. The van der Waals surface area contributed by atoms with Gasteiger partial charge in [0.05, 0.1) is 0 Å². The number of H-pyrrole nitrogens is 1. The van der Waals surface area contributed by atoms with Crippen LogP contribution in [0.25, 0.3) is 0 Å². The predicted molar refractivity (Wildman–Crippen MR) is 53.6 cm³/mol. The van der Waals surface area contributed by atoms with Gasteiger partial charge in [-0.15, -0.1) is 0 Å². The van der Waals surface area contributed by atoms with Crippen LogP contribution in [0.15, 0.2) is 17.1 Å². The number of hydrogen-bond donors (Lipinski definition) is 2. The number of rotatable bonds is 2. The Morgan fingerprint density at radius 1 is 1.46 bits per heavy atom. The van der Waals surface area contributed by atoms with E-state index in [1.165, 1.54) is 0 Å². The minimum Gasteiger partial charge on any atom is -0.329 e. The monoisotopic (exact) mass is 180 g/mol. The summed E-state index contributed by atoms with van der Waals surface area (Å²) in [6.45, 7) is 6.04. The second kappa shape index (κ2) is 3.75. The summed E-state index contributed by atoms with van der Waals surface area (Å²) in [5.41, 5.74) is 7.88. The third-order valence-electron chi connectivity index (χ3n) is 2.25. The number of aromatic nitrogens is 1. The first-order valence-electron chi connectivity index (χ1n) is 4.47. The molecule has 1 rings (SSSR count). The average molecular weight is 180 g/mol. The molecule has 0 fully saturated rings. The van der Waals surface area contributed by atoms with E-state index >= 15 is 0 Å². The maximum atomic E-state index is 10.9. The first kappa shape index (κ1) is 9.99. The molecule has 0 saturated carbocycles. The highest BCUT2D eigenvalue weighted by atomic mass is 16.1. The van der Waals surface area contributed by atoms with Gasteiger partial charge in [-0.3, -0.25) is 4.79 Å². The second-order valence-electron chi connectivity index (χ2n) is 3.71. The van der Waals surface area contributed by atoms with Crippen molar-refractivity contribution in [2.24, 2.45) is 11.7 Å². The van der Waals surface area contributed by atoms with Gasteiger partial charge in [-0.05, 0) is 24.0 Å². The lowest BCUT2D eigenvalue weighted by Gasteiger charge is -2.17. The van der Waals surface area contributed by atoms with E-state index in [0.717, 1.165) is 11.1 Å². The molecular formula is C10H16N2O. The molecule has 72 valence electrons. The highest BCUT2D eigenvalue weighted by molar-refractivity contribution is 5.25. The Bertz CT molecular complexity index is 341. The molecule has 3 heteroatoms. The number of aromatic amines is 1. The summed E-state index contributed by atoms with van der Waals surface area (Å²) in [4.78, 5) is 13.6. The Morgan fingerprint density at radius 3 is 2.54 bits per heavy atom. The van der Waals surface area contributed by atoms with Crippen molar-refractivity contribution < 1.29 is 0 Å². The zero-order valence-corrected chi connectivity index (χ0v) is 8.29. The van der Waals surface area contributed by atoms with Crippen LogP contribution in [0, 0.1) is 12.8 Å². The molecule has 0 aliphatic carbocycles. The van der Waals surface area contributed by atoms with Crippen molar-refractivity contribution in [2.75, 3.05) is 0 Å². The molecule has 1 heterocycles. The van der Waals surface area contributed by atoms with Crippen LogP contribution in [0.2, 0.25) is 0 Å². The summed E-state index contributed by atoms with van der Waals surface area (Å²) in [5.74, 6) is 0.379. The normalized spacial score (nSPS) is 13.3. The SMILES string of the molecule is Cc1cc(=O)[nH]cc1[C@H](N)C(C)C. The summed E-state index contributed by atoms with van der Waals surface area (Å²) in [6.07, 6.45) is 1.71. The van der Waals surface area contributed by atoms with Crippen LogP contribution in [0.5, 0.6) is 0 Å². The van der Waals surface area contributed by atoms with Crippen LogP contribution in [-0.2, 0) is 0 Å². The van der Waals surface area contributed by atoms with Crippen molar-refractivity contribution in [1.29, 1.82) is 0 Å². The third-order valence-corrected chi connectivity index (χ3v) is 2.25. The van der Waals surface area contributed by atoms with E-state index in [0.29, 0.717) is 5.92 Å². The van der Waals surface area contributed by atoms with Crippen molar-refractivity contribution in [1.82, 2.24) is 4.98 Å². The Morgan fingerprint density at radius 2 is 2.08 bits per heavy atom. The van der Waals surface area contributed by atoms with Crippen molar-refractivity contribution in [3.05, 3.63) is 33.7 Å². The van der Waals surface area contributed by atoms with E-state index in [1.54, 1.807) is 12.3 Å². The molecule has 3 nitrogen and oxygen atoms in total. The number of nitrogens with one attached hydrogen (secondary N) is 1. The van der Waals surface area contributed by atoms with Gasteiger partial charge in [0, 0.05) is 18.3 Å². The van der Waals surface area contributed by atoms with Gasteiger partial charge in [-0.25, -0.2) is 0 Å². The summed E-state index contributed by atoms with van der Waals surface area (Å²) in [5, 5.41) is 0. The number of nitrogens with two attached hydrogens (primary N) is 1. The summed E-state index contributed by atoms with van der Waals surface area (Å²) in [7, 11) is 0. The fourth-order valence-corrected chi connectivity index (χ4v) is 1.30. The molecule has 0 saturated heterocycles. The maximum absolute atomic E-state index is 10.9. The molecule has 3 N–H and O–H groups in total. The van der Waals surface area contributed by atoms with Gasteiger partial charge in [0.15, 0.2) is 0 Å². The van der Waals surface area contributed by atoms with Gasteiger partial charge in [-0.1, -0.05) is 13.8 Å². The Kier molecular flexibility index (Phi) is 2.88. The molecule has 1 aromatic rings. The smallest absolute Gasteiger partial charge is 0.248 e. The van der Waals surface area contributed by atoms with E-state index in [1.807, 2.05) is 6.92 Å². The van der Waals surface area contributed by atoms with Crippen LogP contribution in [0.4, 0.5) is 0 Å². The minimum absolute atomic E-state index is 0.00292. The second-order valence-corrected chi connectivity index (χ2v) is 3.71. The van der Waals surface area contributed by atoms with Gasteiger partial charge in [0.1, 0.15) is 0 Å². The first-order chi connectivity index (χ1) is 6.02. The van der Waals surface area contributed by atoms with Crippen molar-refractivity contribution >= 4 is 0 Å². The standard InChI is InChI=1S/C10H16N2O/c1-6(2)10(11)8-5-12-9(13)4-7(8)3/h4-6,10H,11H2,1-3H3,(H,12,13)/t10-/m1/s1. The van der Waals surface area contributed by atoms with Crippen molar-refractivity contribution in [2.45, 2.75) is 26.8 Å². The topological polar surface area (TPSA) is 58.9 Å². The van der Waals surface area contributed by atoms with Crippen LogP contribution >= 0.6 is 0 Å². The van der Waals surface area contributed by atoms with Gasteiger partial charge >= 0.3 is 0 Å². The average Bonchev–Trinajstić information content (AvgIpc) is 2.03. The van der Waals surface area contributed by atoms with Gasteiger partial charge in [-0.2, -0.15) is 0 Å². The molecule has 0 aromatic carbocycles. The largest absolute Gasteiger partial charge is 0.329 e. The Hall–Kier alpha value is -1.09. The molecule has 0 unspecified atom stereocenters. The van der Waals surface area contributed by atoms with E-state index in [4.69, 9.17) is 5.73 Å². The molecule has 1 aromatic heterocycles. The van der Waals surface area contributed by atoms with Crippen LogP contribution < -0.4 is 11.3 Å². The number of pyridine rings is 1. The molecule has 0 aliphatic rings. The van der Waals surface area contributed by atoms with E-state index < -0.39 is 0 Å². The fourth-order valence-electron chi connectivity index (χ4n) is 1.30. The maximum Gasteiger partial charge on any atom is 0.248 e. The zero-order valence-electron chi connectivity index (χ0n) is 8.29. The van der Waals surface area contributed by atoms with Gasteiger partial charge in [0.25, 0.3) is 0 Å². The molecule has 1 atom stereocenters. The highest BCUT2D eigenvalue weighted by Gasteiger charge is 2.12. The Labute approximate surface area is 78.0 Å². The third kappa shape index (κ3) is 2.18. The first-order valence-corrected chi connectivity index (χ1v) is 4.47. The Balaban J connectivity index is 3.08. The fraction of sp³-hybridized carbons (Fsp3) is 0.500. The quantitative estimate of drug-likeness (QED) is 0.721. The predicted octanol–water partition coefficient (Wildman–Crippen LogP) is 1.34. The highest BCUT2D eigenvalue weighted by Crippen LogP contribution is 2.19. The molecule has 13 heavy (non-hydrogen) atoms. The lowest BCUT2D eigenvalue weighted by atomic mass is 9.95. The number of hydrogen-bond acceptors (Lipinski definition) is 2. The van der Waals surface area contributed by atoms with Gasteiger partial charge in [0.2, 0.25) is 5.56 Å². The summed E-state index contributed by atoms with van der Waals surface area (Å²) < 4.78 is 0. The lowest BCUT2D eigenvalue weighted by Crippen LogP contribution is -2.20. The van der Waals surface area contributed by atoms with Crippen molar-refractivity contribution in [3.63, 3.8) is 0 Å². The number of aryl methyl sites for hydroxylation is 1. The van der Waals surface area contributed by atoms with Crippen molar-refractivity contribution in [3.8, 4) is 0 Å². The molecule has 0 radical (unpaired) electrons. The van der Waals surface area contributed by atoms with E-state index in [2.05, 4.69) is 18.8 Å². The van der Waals surface area contributed by atoms with Crippen LogP contribution in [-0.4, -0.2) is 4.98 Å². The molecule has 0 aliphatic heterocycles. The molecule has 0 spiro atoms. The van der Waals surface area contributed by atoms with Crippen LogP contribution in [0.3, 0.4) is 0 Å².